The Bertz CT molecular complexity index is 555. The Morgan fingerprint density at radius 1 is 0.676 bits per heavy atom. The lowest BCUT2D eigenvalue weighted by Gasteiger charge is -2.11. The first-order valence-corrected chi connectivity index (χ1v) is 15.8. The fourth-order valence-electron chi connectivity index (χ4n) is 4.78. The molecule has 1 N–H and O–H groups in total. The Morgan fingerprint density at radius 3 is 1.49 bits per heavy atom. The van der Waals surface area contributed by atoms with E-state index in [0.29, 0.717) is 6.42 Å². The molecule has 1 atom stereocenters. The maximum Gasteiger partial charge on any atom is 0.307 e. The predicted octanol–water partition coefficient (Wildman–Crippen LogP) is 10.4. The first-order chi connectivity index (χ1) is 18.1. The highest BCUT2D eigenvalue weighted by Gasteiger charge is 2.21. The van der Waals surface area contributed by atoms with E-state index < -0.39 is 17.9 Å². The molecule has 0 spiro atoms. The van der Waals surface area contributed by atoms with Crippen molar-refractivity contribution in [3.8, 4) is 0 Å². The smallest absolute Gasteiger partial charge is 0.307 e. The SMILES string of the molecule is C=CCOC(=O)CC(CCCCCCCCCCCCCCCC/C=C/CCCCCCCC)C(=O)O. The normalized spacial score (nSPS) is 12.1. The van der Waals surface area contributed by atoms with Gasteiger partial charge in [0.25, 0.3) is 0 Å². The Labute approximate surface area is 229 Å². The first kappa shape index (κ1) is 35.4. The van der Waals surface area contributed by atoms with Crippen molar-refractivity contribution < 1.29 is 19.4 Å². The number of hydrogen-bond acceptors (Lipinski definition) is 3. The first-order valence-electron chi connectivity index (χ1n) is 15.8. The zero-order valence-electron chi connectivity index (χ0n) is 24.4. The third-order valence-corrected chi connectivity index (χ3v) is 7.19. The zero-order chi connectivity index (χ0) is 27.2. The molecule has 0 radical (unpaired) electrons. The summed E-state index contributed by atoms with van der Waals surface area (Å²) in [4.78, 5) is 23.0. The number of carboxylic acid groups (broad SMARTS) is 1. The number of unbranched alkanes of at least 4 members (excludes halogenated alkanes) is 20. The van der Waals surface area contributed by atoms with E-state index in [9.17, 15) is 14.7 Å². The topological polar surface area (TPSA) is 63.6 Å². The maximum absolute atomic E-state index is 11.6. The summed E-state index contributed by atoms with van der Waals surface area (Å²) < 4.78 is 4.91. The number of carbonyl (C=O) groups excluding carboxylic acids is 1. The molecule has 0 rings (SSSR count). The summed E-state index contributed by atoms with van der Waals surface area (Å²) in [6, 6.07) is 0. The van der Waals surface area contributed by atoms with Crippen LogP contribution in [0, 0.1) is 5.92 Å². The van der Waals surface area contributed by atoms with Gasteiger partial charge in [0.15, 0.2) is 0 Å². The van der Waals surface area contributed by atoms with E-state index >= 15 is 0 Å². The minimum Gasteiger partial charge on any atom is -0.481 e. The van der Waals surface area contributed by atoms with Crippen LogP contribution in [0.4, 0.5) is 0 Å². The van der Waals surface area contributed by atoms with E-state index in [1.807, 2.05) is 0 Å². The van der Waals surface area contributed by atoms with Gasteiger partial charge in [-0.05, 0) is 32.1 Å². The number of rotatable bonds is 29. The van der Waals surface area contributed by atoms with Gasteiger partial charge in [-0.25, -0.2) is 0 Å². The fourth-order valence-corrected chi connectivity index (χ4v) is 4.78. The summed E-state index contributed by atoms with van der Waals surface area (Å²) in [7, 11) is 0. The van der Waals surface area contributed by atoms with Crippen LogP contribution in [0.25, 0.3) is 0 Å². The van der Waals surface area contributed by atoms with E-state index in [4.69, 9.17) is 4.74 Å². The van der Waals surface area contributed by atoms with Crippen molar-refractivity contribution >= 4 is 11.9 Å². The largest absolute Gasteiger partial charge is 0.481 e. The highest BCUT2D eigenvalue weighted by Crippen LogP contribution is 2.18. The second-order valence-corrected chi connectivity index (χ2v) is 10.8. The molecule has 37 heavy (non-hydrogen) atoms. The van der Waals surface area contributed by atoms with Gasteiger partial charge >= 0.3 is 11.9 Å². The number of ether oxygens (including phenoxy) is 1. The monoisotopic (exact) mass is 520 g/mol. The Kier molecular flexibility index (Phi) is 27.7. The highest BCUT2D eigenvalue weighted by molar-refractivity contribution is 5.78. The Hall–Kier alpha value is -1.58. The van der Waals surface area contributed by atoms with Gasteiger partial charge in [0.1, 0.15) is 6.61 Å². The lowest BCUT2D eigenvalue weighted by molar-refractivity contribution is -0.151. The van der Waals surface area contributed by atoms with E-state index in [-0.39, 0.29) is 13.0 Å². The fraction of sp³-hybridized carbons (Fsp3) is 0.818. The lowest BCUT2D eigenvalue weighted by Crippen LogP contribution is -2.19. The second kappa shape index (κ2) is 29.0. The van der Waals surface area contributed by atoms with Crippen LogP contribution in [-0.4, -0.2) is 23.7 Å². The van der Waals surface area contributed by atoms with Crippen LogP contribution < -0.4 is 0 Å². The average molecular weight is 521 g/mol. The molecule has 0 bridgehead atoms. The molecular weight excluding hydrogens is 460 g/mol. The van der Waals surface area contributed by atoms with Crippen molar-refractivity contribution in [2.75, 3.05) is 6.61 Å². The van der Waals surface area contributed by atoms with Crippen molar-refractivity contribution in [2.24, 2.45) is 5.92 Å². The van der Waals surface area contributed by atoms with Crippen LogP contribution in [0.5, 0.6) is 0 Å². The third kappa shape index (κ3) is 27.3. The molecule has 0 amide bonds. The molecule has 0 aliphatic carbocycles. The van der Waals surface area contributed by atoms with Crippen LogP contribution >= 0.6 is 0 Å². The number of carbonyl (C=O) groups is 2. The van der Waals surface area contributed by atoms with Crippen molar-refractivity contribution in [3.05, 3.63) is 24.8 Å². The van der Waals surface area contributed by atoms with E-state index in [1.165, 1.54) is 128 Å². The van der Waals surface area contributed by atoms with E-state index in [1.54, 1.807) is 0 Å². The van der Waals surface area contributed by atoms with Crippen LogP contribution in [0.3, 0.4) is 0 Å². The van der Waals surface area contributed by atoms with Gasteiger partial charge in [0.05, 0.1) is 12.3 Å². The minimum absolute atomic E-state index is 0.0418. The van der Waals surface area contributed by atoms with E-state index in [0.717, 1.165) is 19.3 Å². The second-order valence-electron chi connectivity index (χ2n) is 10.8. The summed E-state index contributed by atoms with van der Waals surface area (Å²) in [5.74, 6) is -1.98. The van der Waals surface area contributed by atoms with Gasteiger partial charge < -0.3 is 9.84 Å². The standard InChI is InChI=1S/C33H60O4/c1-3-5-6-7-8-9-10-11-12-13-14-15-16-17-18-19-20-21-22-23-24-25-26-27-28-31(33(35)36)30-32(34)37-29-4-2/h4,11-12,31H,2-3,5-10,13-30H2,1H3,(H,35,36)/b12-11+. The van der Waals surface area contributed by atoms with Crippen LogP contribution in [-0.2, 0) is 14.3 Å². The molecule has 0 aromatic heterocycles. The van der Waals surface area contributed by atoms with Crippen LogP contribution in [0.2, 0.25) is 0 Å². The van der Waals surface area contributed by atoms with Gasteiger partial charge in [-0.3, -0.25) is 9.59 Å². The van der Waals surface area contributed by atoms with Crippen molar-refractivity contribution in [1.82, 2.24) is 0 Å². The van der Waals surface area contributed by atoms with Gasteiger partial charge in [0.2, 0.25) is 0 Å². The summed E-state index contributed by atoms with van der Waals surface area (Å²) in [6.07, 6.45) is 35.6. The zero-order valence-corrected chi connectivity index (χ0v) is 24.4. The van der Waals surface area contributed by atoms with Crippen molar-refractivity contribution in [1.29, 1.82) is 0 Å². The molecule has 0 saturated heterocycles. The summed E-state index contributed by atoms with van der Waals surface area (Å²) >= 11 is 0. The molecule has 0 aliphatic heterocycles. The van der Waals surface area contributed by atoms with Gasteiger partial charge in [-0.1, -0.05) is 147 Å². The molecule has 4 heteroatoms. The molecule has 4 nitrogen and oxygen atoms in total. The summed E-state index contributed by atoms with van der Waals surface area (Å²) in [5.41, 5.74) is 0. The Balaban J connectivity index is 3.34. The summed E-state index contributed by atoms with van der Waals surface area (Å²) in [5, 5.41) is 9.30. The molecule has 0 fully saturated rings. The van der Waals surface area contributed by atoms with Crippen LogP contribution in [0.15, 0.2) is 24.8 Å². The maximum atomic E-state index is 11.6. The van der Waals surface area contributed by atoms with Crippen molar-refractivity contribution in [2.45, 2.75) is 161 Å². The third-order valence-electron chi connectivity index (χ3n) is 7.19. The van der Waals surface area contributed by atoms with E-state index in [2.05, 4.69) is 25.7 Å². The molecule has 1 unspecified atom stereocenters. The Morgan fingerprint density at radius 2 is 1.08 bits per heavy atom. The van der Waals surface area contributed by atoms with Gasteiger partial charge in [-0.15, -0.1) is 0 Å². The van der Waals surface area contributed by atoms with Gasteiger partial charge in [0, 0.05) is 0 Å². The molecule has 216 valence electrons. The number of aliphatic carboxylic acids is 1. The number of hydrogen-bond donors (Lipinski definition) is 1. The van der Waals surface area contributed by atoms with Crippen molar-refractivity contribution in [3.63, 3.8) is 0 Å². The number of carboxylic acids is 1. The number of esters is 1. The molecule has 0 aromatic rings. The minimum atomic E-state index is -0.901. The number of allylic oxidation sites excluding steroid dienone is 2. The lowest BCUT2D eigenvalue weighted by atomic mass is 9.97. The predicted molar refractivity (Wildman–Crippen MR) is 158 cm³/mol. The van der Waals surface area contributed by atoms with Crippen LogP contribution in [0.1, 0.15) is 161 Å². The quantitative estimate of drug-likeness (QED) is 0.0605. The highest BCUT2D eigenvalue weighted by atomic mass is 16.5. The molecule has 0 heterocycles. The molecule has 0 saturated carbocycles. The molecular formula is C33H60O4. The molecule has 0 aromatic carbocycles. The van der Waals surface area contributed by atoms with Gasteiger partial charge in [-0.2, -0.15) is 0 Å². The summed E-state index contributed by atoms with van der Waals surface area (Å²) in [6.45, 7) is 5.91. The molecule has 0 aliphatic rings. The average Bonchev–Trinajstić information content (AvgIpc) is 2.89.